The van der Waals surface area contributed by atoms with Gasteiger partial charge in [-0.05, 0) is 55.9 Å². The SMILES string of the molecule is C=CCC(C)NC1CCc2cc(Br)ccc2C1. The lowest BCUT2D eigenvalue weighted by atomic mass is 9.88. The molecule has 0 heterocycles. The van der Waals surface area contributed by atoms with Crippen LogP contribution in [0.15, 0.2) is 35.3 Å². The molecule has 1 nitrogen and oxygen atoms in total. The van der Waals surface area contributed by atoms with E-state index in [4.69, 9.17) is 0 Å². The zero-order chi connectivity index (χ0) is 12.3. The van der Waals surface area contributed by atoms with Crippen molar-refractivity contribution in [3.8, 4) is 0 Å². The van der Waals surface area contributed by atoms with Gasteiger partial charge in [-0.3, -0.25) is 0 Å². The molecule has 0 saturated heterocycles. The van der Waals surface area contributed by atoms with E-state index in [0.29, 0.717) is 12.1 Å². The highest BCUT2D eigenvalue weighted by molar-refractivity contribution is 9.10. The summed E-state index contributed by atoms with van der Waals surface area (Å²) in [5.74, 6) is 0. The first-order valence-electron chi connectivity index (χ1n) is 6.33. The van der Waals surface area contributed by atoms with Crippen LogP contribution in [0.5, 0.6) is 0 Å². The van der Waals surface area contributed by atoms with E-state index in [0.717, 1.165) is 12.8 Å². The van der Waals surface area contributed by atoms with Gasteiger partial charge in [-0.2, -0.15) is 0 Å². The Morgan fingerprint density at radius 1 is 1.53 bits per heavy atom. The van der Waals surface area contributed by atoms with Crippen LogP contribution in [0.1, 0.15) is 30.9 Å². The lowest BCUT2D eigenvalue weighted by Crippen LogP contribution is -2.40. The van der Waals surface area contributed by atoms with Gasteiger partial charge in [0.05, 0.1) is 0 Å². The molecule has 2 heteroatoms. The summed E-state index contributed by atoms with van der Waals surface area (Å²) in [5, 5.41) is 3.69. The minimum absolute atomic E-state index is 0.537. The molecule has 0 spiro atoms. The molecule has 1 aromatic rings. The lowest BCUT2D eigenvalue weighted by molar-refractivity contribution is 0.408. The van der Waals surface area contributed by atoms with Gasteiger partial charge >= 0.3 is 0 Å². The molecule has 0 saturated carbocycles. The fourth-order valence-electron chi connectivity index (χ4n) is 2.59. The quantitative estimate of drug-likeness (QED) is 0.831. The van der Waals surface area contributed by atoms with Crippen LogP contribution in [0.25, 0.3) is 0 Å². The minimum atomic E-state index is 0.537. The first-order valence-corrected chi connectivity index (χ1v) is 7.12. The van der Waals surface area contributed by atoms with Crippen molar-refractivity contribution in [3.63, 3.8) is 0 Å². The molecule has 2 unspecified atom stereocenters. The smallest absolute Gasteiger partial charge is 0.0178 e. The van der Waals surface area contributed by atoms with Crippen molar-refractivity contribution in [3.05, 3.63) is 46.5 Å². The van der Waals surface area contributed by atoms with E-state index in [9.17, 15) is 0 Å². The van der Waals surface area contributed by atoms with Crippen LogP contribution in [0, 0.1) is 0 Å². The molecule has 0 aliphatic heterocycles. The molecule has 0 radical (unpaired) electrons. The van der Waals surface area contributed by atoms with Crippen LogP contribution in [0.4, 0.5) is 0 Å². The number of nitrogens with one attached hydrogen (secondary N) is 1. The second-order valence-corrected chi connectivity index (χ2v) is 5.86. The molecule has 92 valence electrons. The van der Waals surface area contributed by atoms with Crippen LogP contribution in [0.2, 0.25) is 0 Å². The average Bonchev–Trinajstić information content (AvgIpc) is 2.29. The molecule has 1 aliphatic carbocycles. The van der Waals surface area contributed by atoms with E-state index < -0.39 is 0 Å². The number of halogens is 1. The zero-order valence-electron chi connectivity index (χ0n) is 10.4. The number of fused-ring (bicyclic) bond motifs is 1. The molecule has 1 N–H and O–H groups in total. The second-order valence-electron chi connectivity index (χ2n) is 4.94. The van der Waals surface area contributed by atoms with E-state index in [-0.39, 0.29) is 0 Å². The molecular formula is C15H20BrN. The van der Waals surface area contributed by atoms with Crippen LogP contribution < -0.4 is 5.32 Å². The van der Waals surface area contributed by atoms with E-state index >= 15 is 0 Å². The van der Waals surface area contributed by atoms with E-state index in [1.165, 1.54) is 28.4 Å². The Bertz CT molecular complexity index is 400. The Morgan fingerprint density at radius 3 is 3.12 bits per heavy atom. The molecule has 2 atom stereocenters. The van der Waals surface area contributed by atoms with Crippen LogP contribution in [-0.2, 0) is 12.8 Å². The molecule has 0 amide bonds. The van der Waals surface area contributed by atoms with Gasteiger partial charge in [-0.15, -0.1) is 6.58 Å². The molecule has 2 rings (SSSR count). The van der Waals surface area contributed by atoms with Gasteiger partial charge in [0.1, 0.15) is 0 Å². The summed E-state index contributed by atoms with van der Waals surface area (Å²) in [5.41, 5.74) is 3.01. The first kappa shape index (κ1) is 12.8. The summed E-state index contributed by atoms with van der Waals surface area (Å²) in [6.07, 6.45) is 6.62. The van der Waals surface area contributed by atoms with Crippen LogP contribution >= 0.6 is 15.9 Å². The summed E-state index contributed by atoms with van der Waals surface area (Å²) in [4.78, 5) is 0. The highest BCUT2D eigenvalue weighted by Crippen LogP contribution is 2.25. The predicted molar refractivity (Wildman–Crippen MR) is 77.4 cm³/mol. The zero-order valence-corrected chi connectivity index (χ0v) is 12.0. The summed E-state index contributed by atoms with van der Waals surface area (Å²) in [7, 11) is 0. The van der Waals surface area contributed by atoms with Crippen molar-refractivity contribution in [2.75, 3.05) is 0 Å². The van der Waals surface area contributed by atoms with Crippen molar-refractivity contribution in [2.24, 2.45) is 0 Å². The highest BCUT2D eigenvalue weighted by atomic mass is 79.9. The third-order valence-corrected chi connectivity index (χ3v) is 3.93. The lowest BCUT2D eigenvalue weighted by Gasteiger charge is -2.28. The highest BCUT2D eigenvalue weighted by Gasteiger charge is 2.19. The Labute approximate surface area is 112 Å². The third-order valence-electron chi connectivity index (χ3n) is 3.44. The number of benzene rings is 1. The van der Waals surface area contributed by atoms with Crippen molar-refractivity contribution in [1.82, 2.24) is 5.32 Å². The maximum absolute atomic E-state index is 3.79. The van der Waals surface area contributed by atoms with Crippen LogP contribution in [0.3, 0.4) is 0 Å². The van der Waals surface area contributed by atoms with Crippen LogP contribution in [-0.4, -0.2) is 12.1 Å². The first-order chi connectivity index (χ1) is 8.19. The van der Waals surface area contributed by atoms with Gasteiger partial charge in [-0.1, -0.05) is 28.1 Å². The Morgan fingerprint density at radius 2 is 2.35 bits per heavy atom. The fraction of sp³-hybridized carbons (Fsp3) is 0.467. The molecule has 0 bridgehead atoms. The second kappa shape index (κ2) is 5.83. The Kier molecular flexibility index (Phi) is 4.41. The Hall–Kier alpha value is -0.600. The summed E-state index contributed by atoms with van der Waals surface area (Å²) in [6, 6.07) is 7.83. The van der Waals surface area contributed by atoms with E-state index in [1.54, 1.807) is 0 Å². The Balaban J connectivity index is 1.99. The van der Waals surface area contributed by atoms with Crippen molar-refractivity contribution in [1.29, 1.82) is 0 Å². The molecule has 17 heavy (non-hydrogen) atoms. The van der Waals surface area contributed by atoms with E-state index in [2.05, 4.69) is 52.9 Å². The number of rotatable bonds is 4. The summed E-state index contributed by atoms with van der Waals surface area (Å²) < 4.78 is 1.20. The maximum Gasteiger partial charge on any atom is 0.0178 e. The van der Waals surface area contributed by atoms with Gasteiger partial charge in [-0.25, -0.2) is 0 Å². The van der Waals surface area contributed by atoms with E-state index in [1.807, 2.05) is 6.08 Å². The number of hydrogen-bond donors (Lipinski definition) is 1. The third kappa shape index (κ3) is 3.43. The molecule has 0 fully saturated rings. The van der Waals surface area contributed by atoms with Crippen molar-refractivity contribution >= 4 is 15.9 Å². The maximum atomic E-state index is 3.79. The summed E-state index contributed by atoms with van der Waals surface area (Å²) in [6.45, 7) is 6.03. The van der Waals surface area contributed by atoms with Gasteiger partial charge in [0.25, 0.3) is 0 Å². The summed E-state index contributed by atoms with van der Waals surface area (Å²) >= 11 is 3.54. The largest absolute Gasteiger partial charge is 0.311 e. The molecule has 0 aromatic heterocycles. The van der Waals surface area contributed by atoms with Gasteiger partial charge < -0.3 is 5.32 Å². The normalized spacial score (nSPS) is 20.7. The predicted octanol–water partition coefficient (Wildman–Crippen LogP) is 3.86. The van der Waals surface area contributed by atoms with Gasteiger partial charge in [0, 0.05) is 16.6 Å². The minimum Gasteiger partial charge on any atom is -0.311 e. The molecule has 1 aliphatic rings. The average molecular weight is 294 g/mol. The monoisotopic (exact) mass is 293 g/mol. The van der Waals surface area contributed by atoms with Gasteiger partial charge in [0.15, 0.2) is 0 Å². The topological polar surface area (TPSA) is 12.0 Å². The van der Waals surface area contributed by atoms with Crippen molar-refractivity contribution < 1.29 is 0 Å². The number of aryl methyl sites for hydroxylation is 1. The fourth-order valence-corrected chi connectivity index (χ4v) is 2.99. The molecular weight excluding hydrogens is 274 g/mol. The standard InChI is InChI=1S/C15H20BrN/c1-3-4-11(2)17-15-8-6-12-9-14(16)7-5-13(12)10-15/h3,5,7,9,11,15,17H,1,4,6,8,10H2,2H3. The molecule has 1 aromatic carbocycles. The number of hydrogen-bond acceptors (Lipinski definition) is 1. The van der Waals surface area contributed by atoms with Crippen molar-refractivity contribution in [2.45, 2.75) is 44.7 Å². The van der Waals surface area contributed by atoms with Gasteiger partial charge in [0.2, 0.25) is 0 Å².